The van der Waals surface area contributed by atoms with Gasteiger partial charge in [-0.3, -0.25) is 0 Å². The zero-order valence-electron chi connectivity index (χ0n) is 20.7. The van der Waals surface area contributed by atoms with Gasteiger partial charge in [0.15, 0.2) is 0 Å². The molecule has 172 valence electrons. The van der Waals surface area contributed by atoms with Crippen LogP contribution in [0, 0.1) is 11.3 Å². The van der Waals surface area contributed by atoms with E-state index in [1.165, 1.54) is 42.4 Å². The molecule has 1 nitrogen and oxygen atoms in total. The maximum Gasteiger partial charge on any atom is 0.0173 e. The molecule has 1 aliphatic carbocycles. The van der Waals surface area contributed by atoms with E-state index >= 15 is 0 Å². The monoisotopic (exact) mass is 429 g/mol. The topological polar surface area (TPSA) is 12.0 Å². The van der Waals surface area contributed by atoms with Crippen LogP contribution >= 0.6 is 0 Å². The number of nitrogens with one attached hydrogen (secondary N) is 1. The first-order chi connectivity index (χ1) is 15.7. The predicted octanol–water partition coefficient (Wildman–Crippen LogP) is 8.49. The second-order valence-electron chi connectivity index (χ2n) is 9.53. The van der Waals surface area contributed by atoms with Gasteiger partial charge in [-0.2, -0.15) is 0 Å². The Labute approximate surface area is 197 Å². The highest BCUT2D eigenvalue weighted by Gasteiger charge is 2.35. The maximum absolute atomic E-state index is 4.06. The molecule has 0 heterocycles. The van der Waals surface area contributed by atoms with Crippen LogP contribution in [0.3, 0.4) is 0 Å². The van der Waals surface area contributed by atoms with Crippen molar-refractivity contribution >= 4 is 12.2 Å². The molecular weight excluding hydrogens is 386 g/mol. The van der Waals surface area contributed by atoms with Crippen molar-refractivity contribution in [2.24, 2.45) is 11.3 Å². The lowest BCUT2D eigenvalue weighted by Crippen LogP contribution is -2.45. The number of hydrogen-bond donors (Lipinski definition) is 1. The van der Waals surface area contributed by atoms with Crippen molar-refractivity contribution in [1.29, 1.82) is 0 Å². The van der Waals surface area contributed by atoms with E-state index < -0.39 is 0 Å². The lowest BCUT2D eigenvalue weighted by Gasteiger charge is -2.42. The van der Waals surface area contributed by atoms with Gasteiger partial charge in [0.1, 0.15) is 0 Å². The average Bonchev–Trinajstić information content (AvgIpc) is 2.86. The van der Waals surface area contributed by atoms with Gasteiger partial charge in [-0.15, -0.1) is 0 Å². The standard InChI is InChI=1S/C31H43N/c1-5-28(6-2)31(7-3,8-4)24-32-30-17-13-12-16-29(30)27-22-20-26(21-23-27)19-18-25-14-10-9-11-15-25/h9-15,18-23,28-30,32H,5-8,16-17,24H2,1-4H3. The Bertz CT molecular complexity index is 838. The highest BCUT2D eigenvalue weighted by Crippen LogP contribution is 2.40. The minimum Gasteiger partial charge on any atom is -0.312 e. The van der Waals surface area contributed by atoms with E-state index in [0.29, 0.717) is 17.4 Å². The molecular formula is C31H43N. The predicted molar refractivity (Wildman–Crippen MR) is 142 cm³/mol. The van der Waals surface area contributed by atoms with Crippen molar-refractivity contribution < 1.29 is 0 Å². The zero-order valence-corrected chi connectivity index (χ0v) is 20.7. The van der Waals surface area contributed by atoms with E-state index in [0.717, 1.165) is 25.3 Å². The Balaban J connectivity index is 1.69. The van der Waals surface area contributed by atoms with E-state index in [4.69, 9.17) is 0 Å². The first-order valence-electron chi connectivity index (χ1n) is 12.9. The van der Waals surface area contributed by atoms with E-state index in [1.807, 2.05) is 0 Å². The molecule has 0 saturated heterocycles. The summed E-state index contributed by atoms with van der Waals surface area (Å²) in [6, 6.07) is 20.3. The molecule has 0 spiro atoms. The lowest BCUT2D eigenvalue weighted by atomic mass is 9.68. The third-order valence-electron chi connectivity index (χ3n) is 8.04. The molecule has 2 aromatic rings. The highest BCUT2D eigenvalue weighted by molar-refractivity contribution is 5.69. The summed E-state index contributed by atoms with van der Waals surface area (Å²) in [4.78, 5) is 0. The van der Waals surface area contributed by atoms with Crippen LogP contribution < -0.4 is 5.32 Å². The average molecular weight is 430 g/mol. The molecule has 0 aromatic heterocycles. The van der Waals surface area contributed by atoms with Gasteiger partial charge < -0.3 is 5.32 Å². The van der Waals surface area contributed by atoms with E-state index in [9.17, 15) is 0 Å². The molecule has 32 heavy (non-hydrogen) atoms. The molecule has 1 aliphatic rings. The van der Waals surface area contributed by atoms with Gasteiger partial charge in [0.25, 0.3) is 0 Å². The van der Waals surface area contributed by atoms with Gasteiger partial charge in [0.2, 0.25) is 0 Å². The normalized spacial score (nSPS) is 19.2. The first-order valence-corrected chi connectivity index (χ1v) is 12.9. The summed E-state index contributed by atoms with van der Waals surface area (Å²) in [6.07, 6.45) is 16.5. The molecule has 3 rings (SSSR count). The summed E-state index contributed by atoms with van der Waals surface area (Å²) >= 11 is 0. The fraction of sp³-hybridized carbons (Fsp3) is 0.484. The fourth-order valence-electron chi connectivity index (χ4n) is 5.73. The Morgan fingerprint density at radius 2 is 1.41 bits per heavy atom. The van der Waals surface area contributed by atoms with Crippen molar-refractivity contribution in [3.05, 3.63) is 83.4 Å². The fourth-order valence-corrected chi connectivity index (χ4v) is 5.73. The maximum atomic E-state index is 4.06. The van der Waals surface area contributed by atoms with Gasteiger partial charge in [-0.25, -0.2) is 0 Å². The summed E-state index contributed by atoms with van der Waals surface area (Å²) in [7, 11) is 0. The van der Waals surface area contributed by atoms with Crippen LogP contribution in [0.2, 0.25) is 0 Å². The molecule has 2 atom stereocenters. The molecule has 2 aromatic carbocycles. The van der Waals surface area contributed by atoms with Crippen LogP contribution in [0.25, 0.3) is 12.2 Å². The molecule has 0 saturated carbocycles. The van der Waals surface area contributed by atoms with Gasteiger partial charge in [0, 0.05) is 18.5 Å². The summed E-state index contributed by atoms with van der Waals surface area (Å²) < 4.78 is 0. The van der Waals surface area contributed by atoms with Crippen LogP contribution in [0.5, 0.6) is 0 Å². The van der Waals surface area contributed by atoms with Crippen molar-refractivity contribution in [3.8, 4) is 0 Å². The van der Waals surface area contributed by atoms with Crippen LogP contribution in [0.15, 0.2) is 66.7 Å². The van der Waals surface area contributed by atoms with Gasteiger partial charge in [0.05, 0.1) is 0 Å². The smallest absolute Gasteiger partial charge is 0.0173 e. The molecule has 1 N–H and O–H groups in total. The molecule has 1 heteroatoms. The SMILES string of the molecule is CCC(CC)C(CC)(CC)CNC1CC=CCC1c1ccc(C=Cc2ccccc2)cc1. The van der Waals surface area contributed by atoms with Crippen molar-refractivity contribution in [1.82, 2.24) is 5.32 Å². The third kappa shape index (κ3) is 6.01. The second kappa shape index (κ2) is 12.2. The van der Waals surface area contributed by atoms with Crippen LogP contribution in [-0.2, 0) is 0 Å². The van der Waals surface area contributed by atoms with E-state index in [1.54, 1.807) is 0 Å². The van der Waals surface area contributed by atoms with Crippen LogP contribution in [0.4, 0.5) is 0 Å². The highest BCUT2D eigenvalue weighted by atomic mass is 14.9. The second-order valence-corrected chi connectivity index (χ2v) is 9.53. The molecule has 0 fully saturated rings. The summed E-state index contributed by atoms with van der Waals surface area (Å²) in [5, 5.41) is 4.06. The van der Waals surface area contributed by atoms with Crippen molar-refractivity contribution in [2.45, 2.75) is 78.2 Å². The number of benzene rings is 2. The van der Waals surface area contributed by atoms with Crippen LogP contribution in [0.1, 0.15) is 88.8 Å². The lowest BCUT2D eigenvalue weighted by molar-refractivity contribution is 0.121. The number of hydrogen-bond acceptors (Lipinski definition) is 1. The summed E-state index contributed by atoms with van der Waals surface area (Å²) in [5.74, 6) is 1.36. The molecule has 0 bridgehead atoms. The van der Waals surface area contributed by atoms with Crippen molar-refractivity contribution in [2.75, 3.05) is 6.54 Å². The largest absolute Gasteiger partial charge is 0.312 e. The van der Waals surface area contributed by atoms with Gasteiger partial charge >= 0.3 is 0 Å². The van der Waals surface area contributed by atoms with E-state index in [2.05, 4.69) is 112 Å². The third-order valence-corrected chi connectivity index (χ3v) is 8.04. The number of rotatable bonds is 11. The van der Waals surface area contributed by atoms with Crippen LogP contribution in [-0.4, -0.2) is 12.6 Å². The molecule has 0 amide bonds. The Morgan fingerprint density at radius 3 is 2.00 bits per heavy atom. The Kier molecular flexibility index (Phi) is 9.36. The number of allylic oxidation sites excluding steroid dienone is 1. The summed E-state index contributed by atoms with van der Waals surface area (Å²) in [6.45, 7) is 10.7. The van der Waals surface area contributed by atoms with E-state index in [-0.39, 0.29) is 0 Å². The minimum absolute atomic E-state index is 0.418. The van der Waals surface area contributed by atoms with Gasteiger partial charge in [-0.1, -0.05) is 119 Å². The zero-order chi connectivity index (χ0) is 22.8. The van der Waals surface area contributed by atoms with Crippen molar-refractivity contribution in [3.63, 3.8) is 0 Å². The Hall–Kier alpha value is -2.12. The molecule has 0 radical (unpaired) electrons. The summed E-state index contributed by atoms with van der Waals surface area (Å²) in [5.41, 5.74) is 4.38. The Morgan fingerprint density at radius 1 is 0.812 bits per heavy atom. The minimum atomic E-state index is 0.418. The van der Waals surface area contributed by atoms with Gasteiger partial charge in [-0.05, 0) is 53.7 Å². The molecule has 0 aliphatic heterocycles. The molecule has 2 unspecified atom stereocenters. The first kappa shape index (κ1) is 24.5. The quantitative estimate of drug-likeness (QED) is 0.279.